The van der Waals surface area contributed by atoms with Gasteiger partial charge in [0.05, 0.1) is 25.1 Å². The lowest BCUT2D eigenvalue weighted by Gasteiger charge is -2.54. The van der Waals surface area contributed by atoms with Crippen LogP contribution in [0.1, 0.15) is 0 Å². The number of anilines is 1. The molecule has 2 aliphatic heterocycles. The smallest absolute Gasteiger partial charge is 0.214 e. The third kappa shape index (κ3) is 1.72. The number of rotatable bonds is 3. The van der Waals surface area contributed by atoms with Crippen LogP contribution in [0.25, 0.3) is 0 Å². The van der Waals surface area contributed by atoms with Gasteiger partial charge in [-0.15, -0.1) is 0 Å². The molecular formula is C11H15N3O2. The second-order valence-electron chi connectivity index (χ2n) is 4.68. The van der Waals surface area contributed by atoms with Gasteiger partial charge in [0, 0.05) is 24.6 Å². The minimum atomic E-state index is 0.442. The van der Waals surface area contributed by atoms with Crippen LogP contribution in [0.5, 0.6) is 5.88 Å². The number of hydrogen-bond donors (Lipinski definition) is 1. The highest BCUT2D eigenvalue weighted by Crippen LogP contribution is 2.37. The zero-order valence-electron chi connectivity index (χ0n) is 9.06. The molecular weight excluding hydrogens is 206 g/mol. The van der Waals surface area contributed by atoms with E-state index in [0.717, 1.165) is 26.3 Å². The minimum Gasteiger partial charge on any atom is -0.461 e. The van der Waals surface area contributed by atoms with Crippen LogP contribution in [0.15, 0.2) is 18.3 Å². The molecule has 0 saturated carbocycles. The number of nitrogens with zero attached hydrogens (tertiary/aromatic N) is 2. The maximum absolute atomic E-state index is 5.55. The van der Waals surface area contributed by atoms with E-state index in [1.54, 1.807) is 18.3 Å². The number of likely N-dealkylation sites (tertiary alicyclic amines) is 1. The van der Waals surface area contributed by atoms with Gasteiger partial charge in [0.1, 0.15) is 6.73 Å². The van der Waals surface area contributed by atoms with E-state index in [0.29, 0.717) is 23.7 Å². The summed E-state index contributed by atoms with van der Waals surface area (Å²) in [5.41, 5.74) is 6.64. The van der Waals surface area contributed by atoms with Gasteiger partial charge in [-0.05, 0) is 6.07 Å². The van der Waals surface area contributed by atoms with Gasteiger partial charge in [0.2, 0.25) is 5.88 Å². The van der Waals surface area contributed by atoms with Gasteiger partial charge < -0.3 is 15.2 Å². The van der Waals surface area contributed by atoms with Crippen LogP contribution < -0.4 is 10.5 Å². The van der Waals surface area contributed by atoms with E-state index in [9.17, 15) is 0 Å². The van der Waals surface area contributed by atoms with E-state index >= 15 is 0 Å². The quantitative estimate of drug-likeness (QED) is 0.797. The molecule has 2 saturated heterocycles. The third-order valence-corrected chi connectivity index (χ3v) is 3.09. The van der Waals surface area contributed by atoms with E-state index in [2.05, 4.69) is 9.88 Å². The molecule has 5 heteroatoms. The first-order valence-electron chi connectivity index (χ1n) is 5.40. The Balaban J connectivity index is 1.45. The summed E-state index contributed by atoms with van der Waals surface area (Å²) in [6.45, 7) is 4.55. The predicted molar refractivity (Wildman–Crippen MR) is 59.0 cm³/mol. The van der Waals surface area contributed by atoms with E-state index < -0.39 is 0 Å². The summed E-state index contributed by atoms with van der Waals surface area (Å²) in [5.74, 6) is 0.625. The lowest BCUT2D eigenvalue weighted by Crippen LogP contribution is -2.66. The molecule has 2 N–H and O–H groups in total. The zero-order valence-corrected chi connectivity index (χ0v) is 9.06. The number of ether oxygens (including phenoxy) is 2. The Kier molecular flexibility index (Phi) is 2.22. The van der Waals surface area contributed by atoms with Crippen molar-refractivity contribution in [1.82, 2.24) is 9.88 Å². The average molecular weight is 221 g/mol. The van der Waals surface area contributed by atoms with Crippen LogP contribution >= 0.6 is 0 Å². The summed E-state index contributed by atoms with van der Waals surface area (Å²) in [6, 6.07) is 3.58. The lowest BCUT2D eigenvalue weighted by atomic mass is 9.78. The highest BCUT2D eigenvalue weighted by molar-refractivity contribution is 5.35. The lowest BCUT2D eigenvalue weighted by molar-refractivity contribution is -0.199. The molecule has 3 heterocycles. The van der Waals surface area contributed by atoms with E-state index in [-0.39, 0.29) is 0 Å². The van der Waals surface area contributed by atoms with Crippen molar-refractivity contribution in [2.45, 2.75) is 0 Å². The molecule has 0 aliphatic carbocycles. The predicted octanol–water partition coefficient (Wildman–Crippen LogP) is 0.332. The minimum absolute atomic E-state index is 0.442. The van der Waals surface area contributed by atoms with Crippen molar-refractivity contribution < 1.29 is 9.47 Å². The van der Waals surface area contributed by atoms with Crippen molar-refractivity contribution in [3.05, 3.63) is 18.3 Å². The topological polar surface area (TPSA) is 60.6 Å². The van der Waals surface area contributed by atoms with Gasteiger partial charge >= 0.3 is 0 Å². The molecule has 1 aromatic heterocycles. The standard InChI is InChI=1S/C11H15N3O2/c12-9-1-2-10(13-3-9)16-8-14-4-11(5-14)6-15-7-11/h1-3H,4-8,12H2. The molecule has 0 bridgehead atoms. The van der Waals surface area contributed by atoms with Crippen LogP contribution in [-0.4, -0.2) is 42.9 Å². The van der Waals surface area contributed by atoms with Crippen molar-refractivity contribution in [2.75, 3.05) is 38.8 Å². The largest absolute Gasteiger partial charge is 0.461 e. The fourth-order valence-corrected chi connectivity index (χ4v) is 2.20. The number of pyridine rings is 1. The number of nitrogens with two attached hydrogens (primary N) is 1. The molecule has 0 aromatic carbocycles. The SMILES string of the molecule is Nc1ccc(OCN2CC3(COC3)C2)nc1. The molecule has 3 rings (SSSR count). The Hall–Kier alpha value is -1.33. The molecule has 0 atom stereocenters. The van der Waals surface area contributed by atoms with Gasteiger partial charge in [-0.2, -0.15) is 0 Å². The summed E-state index contributed by atoms with van der Waals surface area (Å²) < 4.78 is 10.8. The third-order valence-electron chi connectivity index (χ3n) is 3.09. The van der Waals surface area contributed by atoms with E-state index in [1.165, 1.54) is 0 Å². The second kappa shape index (κ2) is 3.61. The molecule has 86 valence electrons. The maximum atomic E-state index is 5.55. The molecule has 1 aromatic rings. The van der Waals surface area contributed by atoms with E-state index in [4.69, 9.17) is 15.2 Å². The molecule has 2 fully saturated rings. The molecule has 16 heavy (non-hydrogen) atoms. The van der Waals surface area contributed by atoms with Gasteiger partial charge in [-0.3, -0.25) is 4.90 Å². The van der Waals surface area contributed by atoms with Crippen molar-refractivity contribution in [3.63, 3.8) is 0 Å². The molecule has 0 unspecified atom stereocenters. The number of nitrogen functional groups attached to an aromatic ring is 1. The molecule has 0 radical (unpaired) electrons. The summed E-state index contributed by atoms with van der Waals surface area (Å²) in [7, 11) is 0. The maximum Gasteiger partial charge on any atom is 0.214 e. The van der Waals surface area contributed by atoms with Crippen molar-refractivity contribution in [2.24, 2.45) is 5.41 Å². The normalized spacial score (nSPS) is 22.5. The Bertz CT molecular complexity index is 367. The fraction of sp³-hybridized carbons (Fsp3) is 0.545. The highest BCUT2D eigenvalue weighted by atomic mass is 16.5. The summed E-state index contributed by atoms with van der Waals surface area (Å²) in [5, 5.41) is 0. The summed E-state index contributed by atoms with van der Waals surface area (Å²) in [6.07, 6.45) is 1.60. The Labute approximate surface area is 94.2 Å². The van der Waals surface area contributed by atoms with Gasteiger partial charge in [-0.1, -0.05) is 0 Å². The van der Waals surface area contributed by atoms with Crippen molar-refractivity contribution in [1.29, 1.82) is 0 Å². The van der Waals surface area contributed by atoms with Gasteiger partial charge in [-0.25, -0.2) is 4.98 Å². The molecule has 0 amide bonds. The van der Waals surface area contributed by atoms with Crippen LogP contribution in [0.3, 0.4) is 0 Å². The van der Waals surface area contributed by atoms with Crippen LogP contribution in [0.2, 0.25) is 0 Å². The summed E-state index contributed by atoms with van der Waals surface area (Å²) >= 11 is 0. The van der Waals surface area contributed by atoms with Crippen molar-refractivity contribution >= 4 is 5.69 Å². The average Bonchev–Trinajstić information content (AvgIpc) is 2.16. The second-order valence-corrected chi connectivity index (χ2v) is 4.68. The van der Waals surface area contributed by atoms with Crippen molar-refractivity contribution in [3.8, 4) is 5.88 Å². The molecule has 2 aliphatic rings. The molecule has 1 spiro atoms. The Morgan fingerprint density at radius 2 is 2.25 bits per heavy atom. The first-order chi connectivity index (χ1) is 7.76. The Morgan fingerprint density at radius 3 is 2.81 bits per heavy atom. The monoisotopic (exact) mass is 221 g/mol. The Morgan fingerprint density at radius 1 is 1.44 bits per heavy atom. The van der Waals surface area contributed by atoms with Gasteiger partial charge in [0.15, 0.2) is 0 Å². The fourth-order valence-electron chi connectivity index (χ4n) is 2.20. The first-order valence-corrected chi connectivity index (χ1v) is 5.40. The van der Waals surface area contributed by atoms with E-state index in [1.807, 2.05) is 0 Å². The highest BCUT2D eigenvalue weighted by Gasteiger charge is 2.48. The first kappa shape index (κ1) is 9.86. The number of aromatic nitrogens is 1. The summed E-state index contributed by atoms with van der Waals surface area (Å²) in [4.78, 5) is 6.33. The van der Waals surface area contributed by atoms with Crippen LogP contribution in [-0.2, 0) is 4.74 Å². The van der Waals surface area contributed by atoms with Gasteiger partial charge in [0.25, 0.3) is 0 Å². The van der Waals surface area contributed by atoms with Crippen LogP contribution in [0.4, 0.5) is 5.69 Å². The number of hydrogen-bond acceptors (Lipinski definition) is 5. The van der Waals surface area contributed by atoms with Crippen LogP contribution in [0, 0.1) is 5.41 Å². The zero-order chi connectivity index (χ0) is 11.0. The molecule has 5 nitrogen and oxygen atoms in total.